The van der Waals surface area contributed by atoms with Crippen LogP contribution in [0.3, 0.4) is 0 Å². The van der Waals surface area contributed by atoms with E-state index in [2.05, 4.69) is 16.5 Å². The van der Waals surface area contributed by atoms with Crippen LogP contribution >= 0.6 is 22.9 Å². The summed E-state index contributed by atoms with van der Waals surface area (Å²) in [4.78, 5) is 8.08. The average molecular weight is 320 g/mol. The van der Waals surface area contributed by atoms with E-state index < -0.39 is 0 Å². The summed E-state index contributed by atoms with van der Waals surface area (Å²) in [5.74, 6) is 0.456. The third-order valence-corrected chi connectivity index (χ3v) is 5.27. The molecule has 0 amide bonds. The van der Waals surface area contributed by atoms with Gasteiger partial charge >= 0.3 is 0 Å². The minimum absolute atomic E-state index is 0.456. The molecule has 1 aliphatic rings. The lowest BCUT2D eigenvalue weighted by molar-refractivity contribution is 0.456. The van der Waals surface area contributed by atoms with Crippen molar-refractivity contribution in [1.29, 1.82) is 0 Å². The highest BCUT2D eigenvalue weighted by molar-refractivity contribution is 7.18. The molecule has 0 aliphatic carbocycles. The Bertz CT molecular complexity index is 627. The zero-order chi connectivity index (χ0) is 14.8. The van der Waals surface area contributed by atoms with Crippen molar-refractivity contribution in [2.24, 2.45) is 11.7 Å². The van der Waals surface area contributed by atoms with Gasteiger partial charge in [0.25, 0.3) is 0 Å². The minimum atomic E-state index is 0.456. The van der Waals surface area contributed by atoms with Gasteiger partial charge in [-0.25, -0.2) is 4.98 Å². The van der Waals surface area contributed by atoms with Crippen LogP contribution in [-0.2, 0) is 0 Å². The van der Waals surface area contributed by atoms with E-state index in [0.29, 0.717) is 5.92 Å². The van der Waals surface area contributed by atoms with Gasteiger partial charge in [0.05, 0.1) is 4.88 Å². The Balaban J connectivity index is 1.71. The number of hydrogen-bond acceptors (Lipinski definition) is 4. The van der Waals surface area contributed by atoms with Crippen LogP contribution in [0.4, 0.5) is 5.13 Å². The standard InChI is InChI=1S/C16H18ClN3S/c1-11(18)12-6-8-20(9-7-12)16-19-10-15(21-16)13-2-4-14(17)5-3-13/h2-5,10,12H,1,6-9,18H2. The fourth-order valence-corrected chi connectivity index (χ4v) is 3.70. The molecule has 0 bridgehead atoms. The Labute approximate surface area is 134 Å². The summed E-state index contributed by atoms with van der Waals surface area (Å²) >= 11 is 7.65. The molecular formula is C16H18ClN3S. The van der Waals surface area contributed by atoms with Gasteiger partial charge in [-0.3, -0.25) is 0 Å². The number of nitrogens with two attached hydrogens (primary N) is 1. The predicted octanol–water partition coefficient (Wildman–Crippen LogP) is 4.15. The number of allylic oxidation sites excluding steroid dienone is 1. The summed E-state index contributed by atoms with van der Waals surface area (Å²) in [7, 11) is 0. The smallest absolute Gasteiger partial charge is 0.185 e. The molecule has 1 aromatic carbocycles. The largest absolute Gasteiger partial charge is 0.402 e. The van der Waals surface area contributed by atoms with Gasteiger partial charge in [-0.15, -0.1) is 0 Å². The molecule has 0 atom stereocenters. The predicted molar refractivity (Wildman–Crippen MR) is 90.8 cm³/mol. The van der Waals surface area contributed by atoms with E-state index in [9.17, 15) is 0 Å². The summed E-state index contributed by atoms with van der Waals surface area (Å²) in [6.07, 6.45) is 4.06. The number of anilines is 1. The number of nitrogens with zero attached hydrogens (tertiary/aromatic N) is 2. The number of halogens is 1. The molecule has 3 nitrogen and oxygen atoms in total. The maximum absolute atomic E-state index is 5.93. The fraction of sp³-hybridized carbons (Fsp3) is 0.312. The first kappa shape index (κ1) is 14.4. The maximum Gasteiger partial charge on any atom is 0.185 e. The van der Waals surface area contributed by atoms with Crippen LogP contribution < -0.4 is 10.6 Å². The summed E-state index contributed by atoms with van der Waals surface area (Å²) in [5.41, 5.74) is 7.78. The van der Waals surface area contributed by atoms with E-state index >= 15 is 0 Å². The van der Waals surface area contributed by atoms with Gasteiger partial charge in [0.15, 0.2) is 5.13 Å². The van der Waals surface area contributed by atoms with Gasteiger partial charge in [-0.1, -0.05) is 41.6 Å². The minimum Gasteiger partial charge on any atom is -0.402 e. The van der Waals surface area contributed by atoms with Crippen LogP contribution in [-0.4, -0.2) is 18.1 Å². The third-order valence-electron chi connectivity index (χ3n) is 3.91. The van der Waals surface area contributed by atoms with E-state index in [1.54, 1.807) is 11.3 Å². The first-order valence-electron chi connectivity index (χ1n) is 7.04. The molecule has 21 heavy (non-hydrogen) atoms. The zero-order valence-corrected chi connectivity index (χ0v) is 13.3. The summed E-state index contributed by atoms with van der Waals surface area (Å²) in [6, 6.07) is 7.89. The van der Waals surface area contributed by atoms with Crippen LogP contribution in [0.1, 0.15) is 12.8 Å². The lowest BCUT2D eigenvalue weighted by Gasteiger charge is -2.31. The molecule has 2 N–H and O–H groups in total. The second-order valence-electron chi connectivity index (χ2n) is 5.35. The molecule has 1 aromatic heterocycles. The first-order chi connectivity index (χ1) is 10.1. The molecule has 0 saturated carbocycles. The summed E-state index contributed by atoms with van der Waals surface area (Å²) in [5, 5.41) is 1.84. The highest BCUT2D eigenvalue weighted by Crippen LogP contribution is 2.34. The molecule has 2 aromatic rings. The Morgan fingerprint density at radius 1 is 1.29 bits per heavy atom. The fourth-order valence-electron chi connectivity index (χ4n) is 2.60. The zero-order valence-electron chi connectivity index (χ0n) is 11.8. The van der Waals surface area contributed by atoms with E-state index in [1.165, 1.54) is 4.88 Å². The van der Waals surface area contributed by atoms with Crippen LogP contribution in [0, 0.1) is 5.92 Å². The summed E-state index contributed by atoms with van der Waals surface area (Å²) < 4.78 is 0. The van der Waals surface area contributed by atoms with Crippen LogP contribution in [0.2, 0.25) is 5.02 Å². The molecular weight excluding hydrogens is 302 g/mol. The van der Waals surface area contributed by atoms with Crippen molar-refractivity contribution < 1.29 is 0 Å². The average Bonchev–Trinajstić information content (AvgIpc) is 2.98. The van der Waals surface area contributed by atoms with Crippen molar-refractivity contribution in [1.82, 2.24) is 4.98 Å². The summed E-state index contributed by atoms with van der Waals surface area (Å²) in [6.45, 7) is 5.85. The molecule has 1 fully saturated rings. The highest BCUT2D eigenvalue weighted by Gasteiger charge is 2.22. The van der Waals surface area contributed by atoms with Crippen LogP contribution in [0.25, 0.3) is 10.4 Å². The molecule has 1 aliphatic heterocycles. The molecule has 0 unspecified atom stereocenters. The van der Waals surface area contributed by atoms with Gasteiger partial charge in [-0.05, 0) is 30.5 Å². The van der Waals surface area contributed by atoms with Crippen molar-refractivity contribution in [3.63, 3.8) is 0 Å². The highest BCUT2D eigenvalue weighted by atomic mass is 35.5. The number of piperidine rings is 1. The van der Waals surface area contributed by atoms with Gasteiger partial charge in [-0.2, -0.15) is 0 Å². The molecule has 2 heterocycles. The number of benzene rings is 1. The lowest BCUT2D eigenvalue weighted by Crippen LogP contribution is -2.35. The van der Waals surface area contributed by atoms with E-state index in [1.807, 2.05) is 30.5 Å². The van der Waals surface area contributed by atoms with Crippen LogP contribution in [0.15, 0.2) is 42.7 Å². The van der Waals surface area contributed by atoms with Gasteiger partial charge < -0.3 is 10.6 Å². The second kappa shape index (κ2) is 6.08. The number of rotatable bonds is 3. The Kier molecular flexibility index (Phi) is 4.17. The molecule has 110 valence electrons. The first-order valence-corrected chi connectivity index (χ1v) is 8.24. The van der Waals surface area contributed by atoms with Crippen molar-refractivity contribution in [3.8, 4) is 10.4 Å². The molecule has 0 radical (unpaired) electrons. The molecule has 3 rings (SSSR count). The normalized spacial score (nSPS) is 16.1. The van der Waals surface area contributed by atoms with E-state index in [4.69, 9.17) is 17.3 Å². The molecule has 0 spiro atoms. The number of hydrogen-bond donors (Lipinski definition) is 1. The van der Waals surface area contributed by atoms with E-state index in [0.717, 1.165) is 47.3 Å². The molecule has 1 saturated heterocycles. The third kappa shape index (κ3) is 3.22. The van der Waals surface area contributed by atoms with Crippen molar-refractivity contribution in [2.75, 3.05) is 18.0 Å². The van der Waals surface area contributed by atoms with Gasteiger partial charge in [0.1, 0.15) is 0 Å². The van der Waals surface area contributed by atoms with Crippen molar-refractivity contribution in [2.45, 2.75) is 12.8 Å². The Hall–Kier alpha value is -1.52. The van der Waals surface area contributed by atoms with Gasteiger partial charge in [0.2, 0.25) is 0 Å². The van der Waals surface area contributed by atoms with Crippen molar-refractivity contribution in [3.05, 3.63) is 47.8 Å². The topological polar surface area (TPSA) is 42.1 Å². The maximum atomic E-state index is 5.93. The molecule has 5 heteroatoms. The quantitative estimate of drug-likeness (QED) is 0.924. The SMILES string of the molecule is C=C(N)C1CCN(c2ncc(-c3ccc(Cl)cc3)s2)CC1. The van der Waals surface area contributed by atoms with E-state index in [-0.39, 0.29) is 0 Å². The van der Waals surface area contributed by atoms with Crippen molar-refractivity contribution >= 4 is 28.1 Å². The second-order valence-corrected chi connectivity index (χ2v) is 6.80. The number of thiazole rings is 1. The lowest BCUT2D eigenvalue weighted by atomic mass is 9.95. The van der Waals surface area contributed by atoms with Gasteiger partial charge in [0, 0.05) is 35.9 Å². The Morgan fingerprint density at radius 2 is 1.95 bits per heavy atom. The monoisotopic (exact) mass is 319 g/mol. The Morgan fingerprint density at radius 3 is 2.57 bits per heavy atom. The van der Waals surface area contributed by atoms with Crippen LogP contribution in [0.5, 0.6) is 0 Å². The number of aromatic nitrogens is 1.